The first kappa shape index (κ1) is 12.5. The molecule has 0 spiro atoms. The fourth-order valence-corrected chi connectivity index (χ4v) is 2.21. The highest BCUT2D eigenvalue weighted by Crippen LogP contribution is 2.23. The Morgan fingerprint density at radius 3 is 2.47 bits per heavy atom. The Morgan fingerprint density at radius 2 is 2.00 bits per heavy atom. The van der Waals surface area contributed by atoms with E-state index in [1.807, 2.05) is 18.7 Å². The third kappa shape index (κ3) is 2.94. The molecule has 0 aromatic heterocycles. The van der Waals surface area contributed by atoms with Gasteiger partial charge in [-0.25, -0.2) is 0 Å². The predicted octanol–water partition coefficient (Wildman–Crippen LogP) is 1.62. The number of amides is 1. The summed E-state index contributed by atoms with van der Waals surface area (Å²) in [5.41, 5.74) is 5.90. The SMILES string of the molecule is CC1CCN(C(=O)[C@H](N)C(C)C)C(C)C1. The van der Waals surface area contributed by atoms with Gasteiger partial charge in [0.15, 0.2) is 0 Å². The highest BCUT2D eigenvalue weighted by molar-refractivity contribution is 5.82. The fourth-order valence-electron chi connectivity index (χ4n) is 2.21. The molecular weight excluding hydrogens is 188 g/mol. The molecule has 0 aliphatic carbocycles. The van der Waals surface area contributed by atoms with Crippen LogP contribution in [0.4, 0.5) is 0 Å². The summed E-state index contributed by atoms with van der Waals surface area (Å²) >= 11 is 0. The van der Waals surface area contributed by atoms with Crippen LogP contribution in [0.5, 0.6) is 0 Å². The standard InChI is InChI=1S/C12H24N2O/c1-8(2)11(13)12(15)14-6-5-9(3)7-10(14)4/h8-11H,5-7,13H2,1-4H3/t9?,10?,11-/m1/s1. The molecule has 1 aliphatic rings. The largest absolute Gasteiger partial charge is 0.339 e. The van der Waals surface area contributed by atoms with Gasteiger partial charge in [0.25, 0.3) is 0 Å². The monoisotopic (exact) mass is 212 g/mol. The van der Waals surface area contributed by atoms with Crippen LogP contribution in [0.25, 0.3) is 0 Å². The summed E-state index contributed by atoms with van der Waals surface area (Å²) in [5, 5.41) is 0. The molecule has 1 aliphatic heterocycles. The second-order valence-corrected chi connectivity index (χ2v) is 5.28. The lowest BCUT2D eigenvalue weighted by atomic mass is 9.92. The van der Waals surface area contributed by atoms with Gasteiger partial charge in [0.1, 0.15) is 0 Å². The Bertz CT molecular complexity index is 228. The number of carbonyl (C=O) groups excluding carboxylic acids is 1. The van der Waals surface area contributed by atoms with E-state index in [4.69, 9.17) is 5.73 Å². The van der Waals surface area contributed by atoms with Crippen molar-refractivity contribution in [2.24, 2.45) is 17.6 Å². The molecule has 0 bridgehead atoms. The Morgan fingerprint density at radius 1 is 1.40 bits per heavy atom. The van der Waals surface area contributed by atoms with Crippen LogP contribution in [0.2, 0.25) is 0 Å². The highest BCUT2D eigenvalue weighted by Gasteiger charge is 2.30. The van der Waals surface area contributed by atoms with Crippen molar-refractivity contribution in [3.8, 4) is 0 Å². The zero-order chi connectivity index (χ0) is 11.6. The van der Waals surface area contributed by atoms with Crippen LogP contribution in [-0.2, 0) is 4.79 Å². The van der Waals surface area contributed by atoms with Crippen LogP contribution < -0.4 is 5.73 Å². The summed E-state index contributed by atoms with van der Waals surface area (Å²) in [6, 6.07) is 0.0203. The van der Waals surface area contributed by atoms with Crippen molar-refractivity contribution in [1.82, 2.24) is 4.90 Å². The van der Waals surface area contributed by atoms with Gasteiger partial charge in [0.05, 0.1) is 6.04 Å². The Balaban J connectivity index is 2.60. The molecule has 1 fully saturated rings. The van der Waals surface area contributed by atoms with Crippen molar-refractivity contribution in [2.45, 2.75) is 52.6 Å². The van der Waals surface area contributed by atoms with Crippen LogP contribution in [0.1, 0.15) is 40.5 Å². The van der Waals surface area contributed by atoms with Gasteiger partial charge in [0.2, 0.25) is 5.91 Å². The van der Waals surface area contributed by atoms with Gasteiger partial charge in [-0.15, -0.1) is 0 Å². The lowest BCUT2D eigenvalue weighted by Crippen LogP contribution is -2.52. The minimum absolute atomic E-state index is 0.129. The second-order valence-electron chi connectivity index (χ2n) is 5.28. The number of hydrogen-bond acceptors (Lipinski definition) is 2. The van der Waals surface area contributed by atoms with E-state index in [2.05, 4.69) is 13.8 Å². The van der Waals surface area contributed by atoms with Crippen molar-refractivity contribution in [3.63, 3.8) is 0 Å². The van der Waals surface area contributed by atoms with Crippen molar-refractivity contribution in [3.05, 3.63) is 0 Å². The quantitative estimate of drug-likeness (QED) is 0.756. The molecule has 3 heteroatoms. The zero-order valence-electron chi connectivity index (χ0n) is 10.4. The smallest absolute Gasteiger partial charge is 0.239 e. The first-order valence-electron chi connectivity index (χ1n) is 5.99. The number of nitrogens with zero attached hydrogens (tertiary/aromatic N) is 1. The Labute approximate surface area is 93.0 Å². The molecule has 1 heterocycles. The van der Waals surface area contributed by atoms with Crippen molar-refractivity contribution in [1.29, 1.82) is 0 Å². The molecule has 0 aromatic rings. The Kier molecular flexibility index (Phi) is 4.14. The topological polar surface area (TPSA) is 46.3 Å². The van der Waals surface area contributed by atoms with Crippen molar-refractivity contribution < 1.29 is 4.79 Å². The minimum atomic E-state index is -0.333. The normalized spacial score (nSPS) is 29.3. The molecule has 0 saturated carbocycles. The molecule has 3 atom stereocenters. The second kappa shape index (κ2) is 4.97. The molecule has 0 radical (unpaired) electrons. The van der Waals surface area contributed by atoms with Gasteiger partial charge in [-0.1, -0.05) is 20.8 Å². The minimum Gasteiger partial charge on any atom is -0.339 e. The number of piperidine rings is 1. The maximum Gasteiger partial charge on any atom is 0.239 e. The predicted molar refractivity (Wildman–Crippen MR) is 62.4 cm³/mol. The van der Waals surface area contributed by atoms with E-state index < -0.39 is 0 Å². The number of carbonyl (C=O) groups is 1. The number of rotatable bonds is 2. The molecule has 0 aromatic carbocycles. The average molecular weight is 212 g/mol. The van der Waals surface area contributed by atoms with E-state index in [1.54, 1.807) is 0 Å². The van der Waals surface area contributed by atoms with Crippen molar-refractivity contribution >= 4 is 5.91 Å². The van der Waals surface area contributed by atoms with Gasteiger partial charge in [-0.05, 0) is 31.6 Å². The van der Waals surface area contributed by atoms with Crippen LogP contribution in [0, 0.1) is 11.8 Å². The molecule has 88 valence electrons. The highest BCUT2D eigenvalue weighted by atomic mass is 16.2. The summed E-state index contributed by atoms with van der Waals surface area (Å²) in [4.78, 5) is 14.0. The molecule has 1 rings (SSSR count). The van der Waals surface area contributed by atoms with Crippen LogP contribution in [0.3, 0.4) is 0 Å². The van der Waals surface area contributed by atoms with E-state index in [0.717, 1.165) is 25.3 Å². The Hall–Kier alpha value is -0.570. The van der Waals surface area contributed by atoms with Crippen LogP contribution in [0.15, 0.2) is 0 Å². The summed E-state index contributed by atoms with van der Waals surface area (Å²) in [5.74, 6) is 1.09. The van der Waals surface area contributed by atoms with Gasteiger partial charge in [0, 0.05) is 12.6 Å². The van der Waals surface area contributed by atoms with Crippen LogP contribution in [-0.4, -0.2) is 29.4 Å². The third-order valence-electron chi connectivity index (χ3n) is 3.42. The fraction of sp³-hybridized carbons (Fsp3) is 0.917. The van der Waals surface area contributed by atoms with Gasteiger partial charge in [-0.3, -0.25) is 4.79 Å². The maximum atomic E-state index is 12.1. The third-order valence-corrected chi connectivity index (χ3v) is 3.42. The average Bonchev–Trinajstić information content (AvgIpc) is 2.15. The van der Waals surface area contributed by atoms with Crippen molar-refractivity contribution in [2.75, 3.05) is 6.54 Å². The van der Waals surface area contributed by atoms with E-state index >= 15 is 0 Å². The lowest BCUT2D eigenvalue weighted by Gasteiger charge is -2.38. The molecule has 2 N–H and O–H groups in total. The number of nitrogens with two attached hydrogens (primary N) is 1. The molecule has 2 unspecified atom stereocenters. The number of hydrogen-bond donors (Lipinski definition) is 1. The van der Waals surface area contributed by atoms with Gasteiger partial charge < -0.3 is 10.6 Å². The maximum absolute atomic E-state index is 12.1. The van der Waals surface area contributed by atoms with Gasteiger partial charge in [-0.2, -0.15) is 0 Å². The molecular formula is C12H24N2O. The lowest BCUT2D eigenvalue weighted by molar-refractivity contribution is -0.137. The van der Waals surface area contributed by atoms with E-state index in [1.165, 1.54) is 0 Å². The van der Waals surface area contributed by atoms with Gasteiger partial charge >= 0.3 is 0 Å². The van der Waals surface area contributed by atoms with E-state index in [0.29, 0.717) is 6.04 Å². The first-order valence-corrected chi connectivity index (χ1v) is 5.99. The summed E-state index contributed by atoms with van der Waals surface area (Å²) in [6.07, 6.45) is 2.22. The van der Waals surface area contributed by atoms with Crippen LogP contribution >= 0.6 is 0 Å². The number of likely N-dealkylation sites (tertiary alicyclic amines) is 1. The summed E-state index contributed by atoms with van der Waals surface area (Å²) in [6.45, 7) is 9.25. The summed E-state index contributed by atoms with van der Waals surface area (Å²) < 4.78 is 0. The summed E-state index contributed by atoms with van der Waals surface area (Å²) in [7, 11) is 0. The molecule has 3 nitrogen and oxygen atoms in total. The zero-order valence-corrected chi connectivity index (χ0v) is 10.4. The first-order chi connectivity index (χ1) is 6.93. The molecule has 15 heavy (non-hydrogen) atoms. The molecule has 1 amide bonds. The van der Waals surface area contributed by atoms with E-state index in [9.17, 15) is 4.79 Å². The molecule has 1 saturated heterocycles. The van der Waals surface area contributed by atoms with E-state index in [-0.39, 0.29) is 17.9 Å².